The average molecular weight is 233 g/mol. The molecule has 0 atom stereocenters. The maximum atomic E-state index is 6.54. The van der Waals surface area contributed by atoms with Gasteiger partial charge in [-0.15, -0.1) is 0 Å². The van der Waals surface area contributed by atoms with E-state index in [4.69, 9.17) is 15.2 Å². The molecule has 2 N–H and O–H groups in total. The minimum absolute atomic E-state index is 0.173. The fourth-order valence-electron chi connectivity index (χ4n) is 2.77. The highest BCUT2D eigenvalue weighted by Crippen LogP contribution is 2.41. The van der Waals surface area contributed by atoms with Crippen molar-refractivity contribution in [3.63, 3.8) is 0 Å². The molecule has 0 bridgehead atoms. The van der Waals surface area contributed by atoms with E-state index in [1.807, 2.05) is 6.07 Å². The van der Waals surface area contributed by atoms with Crippen molar-refractivity contribution in [3.8, 4) is 11.5 Å². The lowest BCUT2D eigenvalue weighted by Crippen LogP contribution is -2.40. The molecule has 17 heavy (non-hydrogen) atoms. The maximum Gasteiger partial charge on any atom is 0.231 e. The van der Waals surface area contributed by atoms with Gasteiger partial charge in [0.25, 0.3) is 0 Å². The third-order valence-electron chi connectivity index (χ3n) is 4.11. The monoisotopic (exact) mass is 233 g/mol. The molecule has 0 amide bonds. The van der Waals surface area contributed by atoms with Crippen LogP contribution in [0.2, 0.25) is 0 Å². The van der Waals surface area contributed by atoms with Crippen LogP contribution in [0.5, 0.6) is 11.5 Å². The van der Waals surface area contributed by atoms with Gasteiger partial charge in [0.15, 0.2) is 11.5 Å². The molecule has 1 fully saturated rings. The van der Waals surface area contributed by atoms with Crippen LogP contribution < -0.4 is 15.2 Å². The Hall–Kier alpha value is -1.22. The van der Waals surface area contributed by atoms with E-state index in [0.717, 1.165) is 30.3 Å². The first kappa shape index (κ1) is 10.9. The van der Waals surface area contributed by atoms with Gasteiger partial charge in [-0.25, -0.2) is 0 Å². The van der Waals surface area contributed by atoms with Gasteiger partial charge in [-0.2, -0.15) is 0 Å². The Morgan fingerprint density at radius 2 is 1.88 bits per heavy atom. The Balaban J connectivity index is 1.88. The van der Waals surface area contributed by atoms with Gasteiger partial charge in [0.2, 0.25) is 6.79 Å². The van der Waals surface area contributed by atoms with Crippen LogP contribution in [0.15, 0.2) is 18.2 Å². The summed E-state index contributed by atoms with van der Waals surface area (Å²) in [4.78, 5) is 0. The van der Waals surface area contributed by atoms with Gasteiger partial charge >= 0.3 is 0 Å². The molecule has 0 saturated heterocycles. The molecule has 1 aromatic carbocycles. The topological polar surface area (TPSA) is 44.5 Å². The summed E-state index contributed by atoms with van der Waals surface area (Å²) in [6, 6.07) is 6.12. The van der Waals surface area contributed by atoms with E-state index in [9.17, 15) is 0 Å². The van der Waals surface area contributed by atoms with E-state index in [0.29, 0.717) is 6.79 Å². The van der Waals surface area contributed by atoms with Crippen LogP contribution in [0, 0.1) is 5.92 Å². The second-order valence-corrected chi connectivity index (χ2v) is 5.41. The molecular formula is C14H19NO2. The van der Waals surface area contributed by atoms with E-state index in [-0.39, 0.29) is 5.54 Å². The molecule has 1 aliphatic heterocycles. The van der Waals surface area contributed by atoms with E-state index in [2.05, 4.69) is 19.1 Å². The number of hydrogen-bond donors (Lipinski definition) is 1. The fourth-order valence-corrected chi connectivity index (χ4v) is 2.77. The minimum atomic E-state index is -0.173. The fraction of sp³-hybridized carbons (Fsp3) is 0.571. The number of ether oxygens (including phenoxy) is 2. The highest BCUT2D eigenvalue weighted by atomic mass is 16.7. The first-order valence-electron chi connectivity index (χ1n) is 6.36. The predicted molar refractivity (Wildman–Crippen MR) is 66.1 cm³/mol. The van der Waals surface area contributed by atoms with Crippen LogP contribution in [-0.4, -0.2) is 6.79 Å². The first-order chi connectivity index (χ1) is 8.17. The molecule has 3 rings (SSSR count). The molecule has 1 aromatic rings. The van der Waals surface area contributed by atoms with E-state index < -0.39 is 0 Å². The largest absolute Gasteiger partial charge is 0.454 e. The normalized spacial score (nSPS) is 31.5. The van der Waals surface area contributed by atoms with Crippen molar-refractivity contribution in [2.75, 3.05) is 6.79 Å². The van der Waals surface area contributed by atoms with Gasteiger partial charge in [0.1, 0.15) is 0 Å². The summed E-state index contributed by atoms with van der Waals surface area (Å²) in [6.07, 6.45) is 4.55. The zero-order chi connectivity index (χ0) is 11.9. The van der Waals surface area contributed by atoms with Gasteiger partial charge in [0.05, 0.1) is 0 Å². The summed E-state index contributed by atoms with van der Waals surface area (Å²) >= 11 is 0. The van der Waals surface area contributed by atoms with Crippen LogP contribution in [0.3, 0.4) is 0 Å². The van der Waals surface area contributed by atoms with Crippen molar-refractivity contribution in [3.05, 3.63) is 23.8 Å². The van der Waals surface area contributed by atoms with Crippen LogP contribution >= 0.6 is 0 Å². The molecule has 0 aromatic heterocycles. The lowest BCUT2D eigenvalue weighted by atomic mass is 9.74. The smallest absolute Gasteiger partial charge is 0.231 e. The van der Waals surface area contributed by atoms with E-state index >= 15 is 0 Å². The molecule has 92 valence electrons. The first-order valence-corrected chi connectivity index (χ1v) is 6.36. The Bertz CT molecular complexity index is 422. The number of rotatable bonds is 1. The average Bonchev–Trinajstić information content (AvgIpc) is 2.80. The van der Waals surface area contributed by atoms with Crippen molar-refractivity contribution in [2.24, 2.45) is 11.7 Å². The summed E-state index contributed by atoms with van der Waals surface area (Å²) in [7, 11) is 0. The van der Waals surface area contributed by atoms with Gasteiger partial charge in [-0.3, -0.25) is 0 Å². The second-order valence-electron chi connectivity index (χ2n) is 5.41. The lowest BCUT2D eigenvalue weighted by Gasteiger charge is -2.36. The highest BCUT2D eigenvalue weighted by molar-refractivity contribution is 5.46. The summed E-state index contributed by atoms with van der Waals surface area (Å²) in [5.74, 6) is 2.48. The molecule has 3 heteroatoms. The SMILES string of the molecule is CC1CCC(N)(c2ccc3c(c2)OCO3)CC1. The Morgan fingerprint density at radius 1 is 1.18 bits per heavy atom. The molecule has 3 nitrogen and oxygen atoms in total. The van der Waals surface area contributed by atoms with Crippen molar-refractivity contribution in [1.29, 1.82) is 0 Å². The number of benzene rings is 1. The van der Waals surface area contributed by atoms with Gasteiger partial charge in [-0.1, -0.05) is 13.0 Å². The van der Waals surface area contributed by atoms with Crippen molar-refractivity contribution in [2.45, 2.75) is 38.1 Å². The standard InChI is InChI=1S/C14H19NO2/c1-10-4-6-14(15,7-5-10)11-2-3-12-13(8-11)17-9-16-12/h2-3,8,10H,4-7,9,15H2,1H3. The summed E-state index contributed by atoms with van der Waals surface area (Å²) in [5.41, 5.74) is 7.56. The van der Waals surface area contributed by atoms with E-state index in [1.165, 1.54) is 18.4 Å². The second kappa shape index (κ2) is 3.91. The van der Waals surface area contributed by atoms with Crippen LogP contribution in [0.4, 0.5) is 0 Å². The molecule has 1 aliphatic carbocycles. The molecule has 1 saturated carbocycles. The summed E-state index contributed by atoms with van der Waals surface area (Å²) in [5, 5.41) is 0. The van der Waals surface area contributed by atoms with Crippen molar-refractivity contribution < 1.29 is 9.47 Å². The highest BCUT2D eigenvalue weighted by Gasteiger charge is 2.32. The molecule has 0 spiro atoms. The van der Waals surface area contributed by atoms with Crippen molar-refractivity contribution in [1.82, 2.24) is 0 Å². The quantitative estimate of drug-likeness (QED) is 0.811. The summed E-state index contributed by atoms with van der Waals surface area (Å²) in [6.45, 7) is 2.63. The zero-order valence-corrected chi connectivity index (χ0v) is 10.2. The van der Waals surface area contributed by atoms with Crippen LogP contribution in [0.25, 0.3) is 0 Å². The van der Waals surface area contributed by atoms with E-state index in [1.54, 1.807) is 0 Å². The Kier molecular flexibility index (Phi) is 2.51. The zero-order valence-electron chi connectivity index (χ0n) is 10.2. The van der Waals surface area contributed by atoms with Crippen molar-refractivity contribution >= 4 is 0 Å². The molecule has 2 aliphatic rings. The number of nitrogens with two attached hydrogens (primary N) is 1. The molecule has 0 radical (unpaired) electrons. The maximum absolute atomic E-state index is 6.54. The molecule has 0 unspecified atom stereocenters. The minimum Gasteiger partial charge on any atom is -0.454 e. The third-order valence-corrected chi connectivity index (χ3v) is 4.11. The predicted octanol–water partition coefficient (Wildman–Crippen LogP) is 2.78. The van der Waals surface area contributed by atoms with Crippen LogP contribution in [0.1, 0.15) is 38.2 Å². The van der Waals surface area contributed by atoms with Gasteiger partial charge in [-0.05, 0) is 49.3 Å². The third kappa shape index (κ3) is 1.89. The number of hydrogen-bond acceptors (Lipinski definition) is 3. The van der Waals surface area contributed by atoms with Gasteiger partial charge in [0, 0.05) is 5.54 Å². The molecule has 1 heterocycles. The number of fused-ring (bicyclic) bond motifs is 1. The van der Waals surface area contributed by atoms with Gasteiger partial charge < -0.3 is 15.2 Å². The lowest BCUT2D eigenvalue weighted by molar-refractivity contribution is 0.173. The van der Waals surface area contributed by atoms with Crippen LogP contribution in [-0.2, 0) is 5.54 Å². The summed E-state index contributed by atoms with van der Waals surface area (Å²) < 4.78 is 10.7. The Morgan fingerprint density at radius 3 is 2.65 bits per heavy atom. The Labute approximate surface area is 102 Å². The molecular weight excluding hydrogens is 214 g/mol.